The van der Waals surface area contributed by atoms with E-state index < -0.39 is 18.3 Å². The number of aromatic nitrogens is 3. The van der Waals surface area contributed by atoms with Crippen LogP contribution in [0.25, 0.3) is 22.5 Å². The van der Waals surface area contributed by atoms with Crippen molar-refractivity contribution in [2.75, 3.05) is 24.5 Å². The van der Waals surface area contributed by atoms with Crippen LogP contribution in [0.3, 0.4) is 0 Å². The zero-order valence-corrected chi connectivity index (χ0v) is 18.1. The summed E-state index contributed by atoms with van der Waals surface area (Å²) >= 11 is 0. The maximum atomic E-state index is 13.9. The molecule has 3 aromatic rings. The first kappa shape index (κ1) is 23.7. The highest BCUT2D eigenvalue weighted by atomic mass is 19.4. The van der Waals surface area contributed by atoms with Crippen LogP contribution >= 0.6 is 0 Å². The van der Waals surface area contributed by atoms with Crippen molar-refractivity contribution in [2.45, 2.75) is 31.7 Å². The maximum Gasteiger partial charge on any atom is 0.490 e. The SMILES string of the molecule is FC1CCN(c2nccc(-c3ccccc3)c2-c2nc3c([nH]2)CNCC3)C1.O=C(O)C(F)(F)F. The van der Waals surface area contributed by atoms with Crippen LogP contribution in [0.2, 0.25) is 0 Å². The van der Waals surface area contributed by atoms with E-state index in [2.05, 4.69) is 27.4 Å². The lowest BCUT2D eigenvalue weighted by Crippen LogP contribution is -2.23. The molecule has 2 aliphatic rings. The summed E-state index contributed by atoms with van der Waals surface area (Å²) in [6.07, 6.45) is -2.60. The van der Waals surface area contributed by atoms with E-state index >= 15 is 0 Å². The lowest BCUT2D eigenvalue weighted by atomic mass is 10.00. The van der Waals surface area contributed by atoms with Gasteiger partial charge in [0.05, 0.1) is 23.5 Å². The molecule has 5 rings (SSSR count). The highest BCUT2D eigenvalue weighted by molar-refractivity contribution is 5.88. The van der Waals surface area contributed by atoms with Gasteiger partial charge in [-0.2, -0.15) is 13.2 Å². The molecular weight excluding hydrogens is 454 g/mol. The predicted octanol–water partition coefficient (Wildman–Crippen LogP) is 3.97. The van der Waals surface area contributed by atoms with Crippen molar-refractivity contribution in [3.05, 3.63) is 54.0 Å². The van der Waals surface area contributed by atoms with E-state index in [0.29, 0.717) is 19.5 Å². The minimum atomic E-state index is -5.08. The number of carboxylic acid groups (broad SMARTS) is 1. The molecule has 0 radical (unpaired) electrons. The van der Waals surface area contributed by atoms with Gasteiger partial charge >= 0.3 is 12.1 Å². The third-order valence-corrected chi connectivity index (χ3v) is 5.63. The summed E-state index contributed by atoms with van der Waals surface area (Å²) in [7, 11) is 0. The Kier molecular flexibility index (Phi) is 6.82. The molecule has 0 spiro atoms. The second-order valence-corrected chi connectivity index (χ2v) is 8.00. The van der Waals surface area contributed by atoms with E-state index in [4.69, 9.17) is 14.9 Å². The molecule has 1 atom stereocenters. The zero-order valence-electron chi connectivity index (χ0n) is 18.1. The van der Waals surface area contributed by atoms with Gasteiger partial charge in [-0.15, -0.1) is 0 Å². The van der Waals surface area contributed by atoms with Crippen LogP contribution in [0.1, 0.15) is 17.8 Å². The molecule has 1 saturated heterocycles. The summed E-state index contributed by atoms with van der Waals surface area (Å²) in [5.74, 6) is -1.11. The molecule has 2 aromatic heterocycles. The van der Waals surface area contributed by atoms with Crippen LogP contribution in [0.15, 0.2) is 42.6 Å². The fourth-order valence-electron chi connectivity index (χ4n) is 4.03. The Morgan fingerprint density at radius 2 is 1.91 bits per heavy atom. The normalized spacial score (nSPS) is 17.6. The third-order valence-electron chi connectivity index (χ3n) is 5.63. The number of imidazole rings is 1. The van der Waals surface area contributed by atoms with Gasteiger partial charge in [0, 0.05) is 32.3 Å². The number of benzene rings is 1. The Balaban J connectivity index is 0.000000344. The number of rotatable bonds is 3. The molecule has 2 aliphatic heterocycles. The average Bonchev–Trinajstić information content (AvgIpc) is 3.45. The van der Waals surface area contributed by atoms with E-state index in [1.807, 2.05) is 35.4 Å². The number of fused-ring (bicyclic) bond motifs is 1. The summed E-state index contributed by atoms with van der Waals surface area (Å²) in [6, 6.07) is 12.3. The molecule has 0 aliphatic carbocycles. The molecule has 34 heavy (non-hydrogen) atoms. The van der Waals surface area contributed by atoms with Crippen molar-refractivity contribution < 1.29 is 27.5 Å². The molecule has 0 bridgehead atoms. The van der Waals surface area contributed by atoms with E-state index in [1.165, 1.54) is 0 Å². The quantitative estimate of drug-likeness (QED) is 0.495. The van der Waals surface area contributed by atoms with E-state index in [-0.39, 0.29) is 0 Å². The Hall–Kier alpha value is -3.47. The molecule has 0 amide bonds. The van der Waals surface area contributed by atoms with Crippen molar-refractivity contribution in [3.63, 3.8) is 0 Å². The van der Waals surface area contributed by atoms with Crippen LogP contribution in [0.4, 0.5) is 23.4 Å². The molecule has 0 saturated carbocycles. The van der Waals surface area contributed by atoms with Crippen molar-refractivity contribution in [3.8, 4) is 22.5 Å². The molecule has 180 valence electrons. The van der Waals surface area contributed by atoms with Gasteiger partial charge in [-0.1, -0.05) is 30.3 Å². The predicted molar refractivity (Wildman–Crippen MR) is 118 cm³/mol. The van der Waals surface area contributed by atoms with Gasteiger partial charge in [0.2, 0.25) is 0 Å². The molecule has 1 aromatic carbocycles. The highest BCUT2D eigenvalue weighted by Gasteiger charge is 2.38. The van der Waals surface area contributed by atoms with Gasteiger partial charge in [-0.05, 0) is 23.6 Å². The maximum absolute atomic E-state index is 13.9. The van der Waals surface area contributed by atoms with E-state index in [1.54, 1.807) is 0 Å². The van der Waals surface area contributed by atoms with Crippen molar-refractivity contribution >= 4 is 11.8 Å². The smallest absolute Gasteiger partial charge is 0.475 e. The fourth-order valence-corrected chi connectivity index (χ4v) is 4.03. The Morgan fingerprint density at radius 3 is 2.53 bits per heavy atom. The number of aliphatic carboxylic acids is 1. The summed E-state index contributed by atoms with van der Waals surface area (Å²) in [4.78, 5) is 24.0. The number of H-pyrrole nitrogens is 1. The molecule has 7 nitrogen and oxygen atoms in total. The van der Waals surface area contributed by atoms with Crippen molar-refractivity contribution in [2.24, 2.45) is 0 Å². The molecule has 3 N–H and O–H groups in total. The first-order chi connectivity index (χ1) is 16.2. The first-order valence-electron chi connectivity index (χ1n) is 10.8. The minimum Gasteiger partial charge on any atom is -0.475 e. The standard InChI is InChI=1S/C21H22FN5.C2HF3O2/c22-15-8-11-27(13-15)21-19(20-25-17-7-9-23-12-18(17)26-20)16(6-10-24-21)14-4-2-1-3-5-14;3-2(4,5)1(6)7/h1-6,10,15,23H,7-9,11-13H2,(H,25,26);(H,6,7). The van der Waals surface area contributed by atoms with E-state index in [0.717, 1.165) is 59.2 Å². The number of carbonyl (C=O) groups is 1. The Bertz CT molecular complexity index is 1130. The average molecular weight is 477 g/mol. The Morgan fingerprint density at radius 1 is 1.18 bits per heavy atom. The number of halogens is 4. The largest absolute Gasteiger partial charge is 0.490 e. The summed E-state index contributed by atoms with van der Waals surface area (Å²) in [6.45, 7) is 2.81. The van der Waals surface area contributed by atoms with Gasteiger partial charge in [0.25, 0.3) is 0 Å². The fraction of sp³-hybridized carbons (Fsp3) is 0.348. The summed E-state index contributed by atoms with van der Waals surface area (Å²) in [5.41, 5.74) is 5.39. The molecular formula is C23H23F4N5O2. The topological polar surface area (TPSA) is 94.1 Å². The van der Waals surface area contributed by atoms with Crippen LogP contribution in [0, 0.1) is 0 Å². The number of hydrogen-bond acceptors (Lipinski definition) is 5. The van der Waals surface area contributed by atoms with Gasteiger partial charge in [0.15, 0.2) is 0 Å². The van der Waals surface area contributed by atoms with Crippen molar-refractivity contribution in [1.29, 1.82) is 0 Å². The lowest BCUT2D eigenvalue weighted by molar-refractivity contribution is -0.192. The van der Waals surface area contributed by atoms with Crippen LogP contribution in [-0.4, -0.2) is 58.0 Å². The molecule has 4 heterocycles. The third kappa shape index (κ3) is 5.19. The second-order valence-electron chi connectivity index (χ2n) is 8.00. The summed E-state index contributed by atoms with van der Waals surface area (Å²) < 4.78 is 45.6. The number of nitrogens with zero attached hydrogens (tertiary/aromatic N) is 3. The van der Waals surface area contributed by atoms with Crippen LogP contribution in [0.5, 0.6) is 0 Å². The number of alkyl halides is 4. The zero-order chi connectivity index (χ0) is 24.3. The number of hydrogen-bond donors (Lipinski definition) is 3. The summed E-state index contributed by atoms with van der Waals surface area (Å²) in [5, 5.41) is 10.5. The van der Waals surface area contributed by atoms with Gasteiger partial charge in [-0.3, -0.25) is 0 Å². The lowest BCUT2D eigenvalue weighted by Gasteiger charge is -2.21. The van der Waals surface area contributed by atoms with E-state index in [9.17, 15) is 17.6 Å². The number of anilines is 1. The molecule has 1 unspecified atom stereocenters. The van der Waals surface area contributed by atoms with Gasteiger partial charge < -0.3 is 20.3 Å². The van der Waals surface area contributed by atoms with Crippen LogP contribution < -0.4 is 10.2 Å². The van der Waals surface area contributed by atoms with Crippen molar-refractivity contribution in [1.82, 2.24) is 20.3 Å². The molecule has 1 fully saturated rings. The monoisotopic (exact) mass is 477 g/mol. The number of nitrogens with one attached hydrogen (secondary N) is 2. The van der Waals surface area contributed by atoms with Crippen LogP contribution in [-0.2, 0) is 17.8 Å². The highest BCUT2D eigenvalue weighted by Crippen LogP contribution is 2.38. The minimum absolute atomic E-state index is 0.389. The van der Waals surface area contributed by atoms with Gasteiger partial charge in [-0.25, -0.2) is 19.2 Å². The first-order valence-corrected chi connectivity index (χ1v) is 10.8. The van der Waals surface area contributed by atoms with Gasteiger partial charge in [0.1, 0.15) is 17.8 Å². The number of pyridine rings is 1. The Labute approximate surface area is 192 Å². The second kappa shape index (κ2) is 9.80. The number of aromatic amines is 1. The number of carboxylic acids is 1. The molecule has 11 heteroatoms.